The molecule has 5 nitrogen and oxygen atoms in total. The minimum Gasteiger partial charge on any atom is -0.509 e. The molecular formula is C49H54N4OPt. The number of hydrogen-bond donors (Lipinski definition) is 0. The van der Waals surface area contributed by atoms with Crippen LogP contribution in [0.25, 0.3) is 44.4 Å². The number of benzene rings is 4. The van der Waals surface area contributed by atoms with Gasteiger partial charge < -0.3 is 9.30 Å². The minimum absolute atomic E-state index is 0. The molecule has 4 aromatic carbocycles. The van der Waals surface area contributed by atoms with Crippen LogP contribution in [0, 0.1) is 43.7 Å². The molecule has 0 radical (unpaired) electrons. The fourth-order valence-electron chi connectivity index (χ4n) is 7.78. The summed E-state index contributed by atoms with van der Waals surface area (Å²) in [5.41, 5.74) is 11.4. The van der Waals surface area contributed by atoms with Gasteiger partial charge in [-0.25, -0.2) is 4.98 Å². The van der Waals surface area contributed by atoms with E-state index < -0.39 is 0 Å². The Kier molecular flexibility index (Phi) is 11.7. The second-order valence-corrected chi connectivity index (χ2v) is 17.6. The molecule has 0 amide bonds. The van der Waals surface area contributed by atoms with Crippen molar-refractivity contribution in [2.24, 2.45) is 10.8 Å². The second-order valence-electron chi connectivity index (χ2n) is 17.6. The Hall–Kier alpha value is -4.47. The van der Waals surface area contributed by atoms with Crippen LogP contribution in [0.5, 0.6) is 11.5 Å². The SMILES string of the molecule is Cc1ccnc(-n2c3[c-]c(Oc4[c-]c(-n5nc(C)c(-c6ccccc6)c5C)cc(CC(C)(C)C)c4)ccc3c3cc(C(C)CCCC(C)(C)C)ccc32)c1.[Pt+2]. The fourth-order valence-corrected chi connectivity index (χ4v) is 7.78. The number of pyridine rings is 1. The first-order valence-corrected chi connectivity index (χ1v) is 19.4. The molecule has 286 valence electrons. The zero-order chi connectivity index (χ0) is 38.4. The number of rotatable bonds is 10. The molecule has 0 aliphatic carbocycles. The fraction of sp³-hybridized carbons (Fsp3) is 0.347. The van der Waals surface area contributed by atoms with Crippen molar-refractivity contribution < 1.29 is 25.8 Å². The molecule has 1 atom stereocenters. The Bertz CT molecular complexity index is 2440. The van der Waals surface area contributed by atoms with Crippen molar-refractivity contribution in [1.29, 1.82) is 0 Å². The maximum Gasteiger partial charge on any atom is 2.00 e. The van der Waals surface area contributed by atoms with Crippen LogP contribution >= 0.6 is 0 Å². The third-order valence-corrected chi connectivity index (χ3v) is 10.4. The van der Waals surface area contributed by atoms with Crippen molar-refractivity contribution in [2.45, 2.75) is 101 Å². The monoisotopic (exact) mass is 909 g/mol. The summed E-state index contributed by atoms with van der Waals surface area (Å²) in [4.78, 5) is 4.83. The average molecular weight is 910 g/mol. The van der Waals surface area contributed by atoms with Gasteiger partial charge in [-0.15, -0.1) is 35.7 Å². The van der Waals surface area contributed by atoms with Gasteiger partial charge in [-0.1, -0.05) is 103 Å². The van der Waals surface area contributed by atoms with Crippen LogP contribution in [0.4, 0.5) is 0 Å². The Morgan fingerprint density at radius 2 is 1.55 bits per heavy atom. The van der Waals surface area contributed by atoms with E-state index in [-0.39, 0.29) is 26.5 Å². The summed E-state index contributed by atoms with van der Waals surface area (Å²) < 4.78 is 11.0. The van der Waals surface area contributed by atoms with Gasteiger partial charge >= 0.3 is 21.1 Å². The molecule has 0 fully saturated rings. The number of hydrogen-bond acceptors (Lipinski definition) is 3. The molecule has 0 saturated carbocycles. The zero-order valence-electron chi connectivity index (χ0n) is 34.1. The number of aromatic nitrogens is 4. The summed E-state index contributed by atoms with van der Waals surface area (Å²) in [6.45, 7) is 22.4. The van der Waals surface area contributed by atoms with Gasteiger partial charge in [0.1, 0.15) is 5.82 Å². The third-order valence-electron chi connectivity index (χ3n) is 10.4. The molecule has 0 saturated heterocycles. The van der Waals surface area contributed by atoms with Crippen molar-refractivity contribution in [3.8, 4) is 34.1 Å². The molecule has 0 aliphatic heterocycles. The zero-order valence-corrected chi connectivity index (χ0v) is 36.4. The van der Waals surface area contributed by atoms with Crippen LogP contribution in [0.3, 0.4) is 0 Å². The van der Waals surface area contributed by atoms with Gasteiger partial charge in [-0.05, 0) is 103 Å². The first-order valence-electron chi connectivity index (χ1n) is 19.4. The van der Waals surface area contributed by atoms with Gasteiger partial charge in [0.15, 0.2) is 0 Å². The summed E-state index contributed by atoms with van der Waals surface area (Å²) in [7, 11) is 0. The van der Waals surface area contributed by atoms with Gasteiger partial charge in [0.2, 0.25) is 0 Å². The van der Waals surface area contributed by atoms with E-state index in [1.807, 2.05) is 29.1 Å². The van der Waals surface area contributed by atoms with Crippen LogP contribution in [0.2, 0.25) is 0 Å². The van der Waals surface area contributed by atoms with Gasteiger partial charge in [0, 0.05) is 34.5 Å². The molecular weight excluding hydrogens is 856 g/mol. The van der Waals surface area contributed by atoms with Gasteiger partial charge in [-0.3, -0.25) is 4.68 Å². The van der Waals surface area contributed by atoms with Crippen LogP contribution in [-0.2, 0) is 27.5 Å². The van der Waals surface area contributed by atoms with Crippen LogP contribution < -0.4 is 4.74 Å². The van der Waals surface area contributed by atoms with Crippen LogP contribution in [0.1, 0.15) is 102 Å². The van der Waals surface area contributed by atoms with E-state index in [0.717, 1.165) is 62.4 Å². The van der Waals surface area contributed by atoms with E-state index in [4.69, 9.17) is 14.8 Å². The largest absolute Gasteiger partial charge is 2.00 e. The molecule has 3 aromatic heterocycles. The Balaban J connectivity index is 0.00000514. The first-order chi connectivity index (χ1) is 25.6. The molecule has 3 heterocycles. The molecule has 0 aliphatic rings. The average Bonchev–Trinajstić information content (AvgIpc) is 3.59. The summed E-state index contributed by atoms with van der Waals surface area (Å²) in [6, 6.07) is 37.4. The van der Waals surface area contributed by atoms with Crippen molar-refractivity contribution in [3.05, 3.63) is 131 Å². The molecule has 7 aromatic rings. The Morgan fingerprint density at radius 1 is 0.782 bits per heavy atom. The van der Waals surface area contributed by atoms with Crippen molar-refractivity contribution in [1.82, 2.24) is 19.3 Å². The van der Waals surface area contributed by atoms with Crippen LogP contribution in [-0.4, -0.2) is 19.3 Å². The van der Waals surface area contributed by atoms with Gasteiger partial charge in [0.05, 0.1) is 5.69 Å². The first kappa shape index (κ1) is 40.2. The van der Waals surface area contributed by atoms with E-state index in [1.54, 1.807) is 0 Å². The maximum absolute atomic E-state index is 6.72. The predicted octanol–water partition coefficient (Wildman–Crippen LogP) is 13.3. The van der Waals surface area contributed by atoms with E-state index in [9.17, 15) is 0 Å². The number of ether oxygens (including phenoxy) is 1. The van der Waals surface area contributed by atoms with Gasteiger partial charge in [0.25, 0.3) is 0 Å². The van der Waals surface area contributed by atoms with Crippen molar-refractivity contribution in [2.75, 3.05) is 0 Å². The normalized spacial score (nSPS) is 12.6. The van der Waals surface area contributed by atoms with Crippen molar-refractivity contribution >= 4 is 21.8 Å². The van der Waals surface area contributed by atoms with Crippen LogP contribution in [0.15, 0.2) is 91.1 Å². The Labute approximate surface area is 342 Å². The molecule has 6 heteroatoms. The molecule has 0 spiro atoms. The summed E-state index contributed by atoms with van der Waals surface area (Å²) in [5, 5.41) is 7.35. The predicted molar refractivity (Wildman–Crippen MR) is 224 cm³/mol. The van der Waals surface area contributed by atoms with E-state index in [0.29, 0.717) is 22.8 Å². The molecule has 0 bridgehead atoms. The summed E-state index contributed by atoms with van der Waals surface area (Å²) in [6.07, 6.45) is 6.37. The van der Waals surface area contributed by atoms with Crippen molar-refractivity contribution in [3.63, 3.8) is 0 Å². The molecule has 0 N–H and O–H groups in total. The molecule has 7 rings (SSSR count). The second kappa shape index (κ2) is 15.9. The van der Waals surface area contributed by atoms with E-state index in [2.05, 4.69) is 153 Å². The quantitative estimate of drug-likeness (QED) is 0.128. The maximum atomic E-state index is 6.72. The number of fused-ring (bicyclic) bond motifs is 3. The minimum atomic E-state index is 0. The Morgan fingerprint density at radius 3 is 2.25 bits per heavy atom. The summed E-state index contributed by atoms with van der Waals surface area (Å²) >= 11 is 0. The number of aryl methyl sites for hydroxylation is 2. The van der Waals surface area contributed by atoms with E-state index in [1.165, 1.54) is 35.8 Å². The van der Waals surface area contributed by atoms with Gasteiger partial charge in [-0.2, -0.15) is 16.7 Å². The molecule has 1 unspecified atom stereocenters. The standard InChI is InChI=1S/C49H54N4O.Pt/c1-32-22-24-50-46(25-32)52-44-21-18-38(33(2)15-14-23-48(5,6)7)28-43(44)42-20-19-40(30-45(42)52)54-41-27-36(31-49(8,9)10)26-39(29-41)53-35(4)47(34(3)51-53)37-16-12-11-13-17-37;/h11-13,16-22,24-28,33H,14-15,23,31H2,1-10H3;/q-2;+2. The third kappa shape index (κ3) is 8.99. The number of nitrogens with zero attached hydrogens (tertiary/aromatic N) is 4. The van der Waals surface area contributed by atoms with E-state index >= 15 is 0 Å². The topological polar surface area (TPSA) is 44.9 Å². The summed E-state index contributed by atoms with van der Waals surface area (Å²) in [5.74, 6) is 2.60. The molecule has 55 heavy (non-hydrogen) atoms. The smallest absolute Gasteiger partial charge is 0.509 e.